The normalized spacial score (nSPS) is 14.5. The molecule has 2 aromatic carbocycles. The van der Waals surface area contributed by atoms with Crippen LogP contribution in [0.5, 0.6) is 5.75 Å². The lowest BCUT2D eigenvalue weighted by Gasteiger charge is -2.28. The highest BCUT2D eigenvalue weighted by molar-refractivity contribution is 7.12. The van der Waals surface area contributed by atoms with Crippen molar-refractivity contribution < 1.29 is 33.0 Å². The van der Waals surface area contributed by atoms with Crippen molar-refractivity contribution >= 4 is 29.0 Å². The Labute approximate surface area is 205 Å². The van der Waals surface area contributed by atoms with E-state index in [0.717, 1.165) is 5.56 Å². The topological polar surface area (TPSA) is 90.9 Å². The molecule has 35 heavy (non-hydrogen) atoms. The number of halogens is 1. The summed E-state index contributed by atoms with van der Waals surface area (Å²) in [6.07, 6.45) is -0.553. The Kier molecular flexibility index (Phi) is 8.23. The molecule has 3 aromatic rings. The molecule has 0 radical (unpaired) electrons. The molecular weight excluding hydrogens is 473 g/mol. The van der Waals surface area contributed by atoms with E-state index in [1.807, 2.05) is 30.3 Å². The molecule has 7 nitrogen and oxygen atoms in total. The number of fused-ring (bicyclic) bond motifs is 1. The molecule has 1 atom stereocenters. The van der Waals surface area contributed by atoms with Crippen LogP contribution in [0.15, 0.2) is 60.0 Å². The smallest absolute Gasteiger partial charge is 0.307 e. The van der Waals surface area contributed by atoms with Crippen molar-refractivity contribution in [3.05, 3.63) is 87.4 Å². The van der Waals surface area contributed by atoms with Gasteiger partial charge in [-0.3, -0.25) is 14.4 Å². The summed E-state index contributed by atoms with van der Waals surface area (Å²) in [6.45, 7) is 0.0604. The number of nitrogens with one attached hydrogen (secondary N) is 1. The van der Waals surface area contributed by atoms with Crippen LogP contribution in [0.4, 0.5) is 4.39 Å². The van der Waals surface area contributed by atoms with Crippen LogP contribution < -0.4 is 10.1 Å². The van der Waals surface area contributed by atoms with Crippen molar-refractivity contribution in [2.24, 2.45) is 0 Å². The largest absolute Gasteiger partial charge is 0.461 e. The lowest BCUT2D eigenvalue weighted by atomic mass is 10.1. The maximum Gasteiger partial charge on any atom is 0.307 e. The van der Waals surface area contributed by atoms with E-state index in [0.29, 0.717) is 21.8 Å². The number of amides is 1. The van der Waals surface area contributed by atoms with Crippen LogP contribution in [0.1, 0.15) is 51.9 Å². The second-order valence-corrected chi connectivity index (χ2v) is 8.83. The summed E-state index contributed by atoms with van der Waals surface area (Å²) in [5.41, 5.74) is 1.75. The van der Waals surface area contributed by atoms with Gasteiger partial charge in [-0.05, 0) is 23.6 Å². The summed E-state index contributed by atoms with van der Waals surface area (Å²) in [7, 11) is 0. The maximum absolute atomic E-state index is 14.1. The van der Waals surface area contributed by atoms with Gasteiger partial charge in [0.2, 0.25) is 12.2 Å². The quantitative estimate of drug-likeness (QED) is 0.322. The maximum atomic E-state index is 14.1. The van der Waals surface area contributed by atoms with Gasteiger partial charge in [-0.2, -0.15) is 0 Å². The van der Waals surface area contributed by atoms with Crippen LogP contribution in [0, 0.1) is 5.82 Å². The van der Waals surface area contributed by atoms with E-state index >= 15 is 0 Å². The van der Waals surface area contributed by atoms with Crippen LogP contribution in [0.25, 0.3) is 0 Å². The van der Waals surface area contributed by atoms with Crippen LogP contribution >= 0.6 is 11.3 Å². The summed E-state index contributed by atoms with van der Waals surface area (Å²) >= 11 is 1.33. The minimum absolute atomic E-state index is 0.0448. The summed E-state index contributed by atoms with van der Waals surface area (Å²) in [5.74, 6) is -1.01. The van der Waals surface area contributed by atoms with Gasteiger partial charge in [0.25, 0.3) is 0 Å². The summed E-state index contributed by atoms with van der Waals surface area (Å²) < 4.78 is 31.0. The highest BCUT2D eigenvalue weighted by atomic mass is 32.1. The number of Topliss-reactive ketones (excluding diaryl/α,β-unsaturated/α-hetero) is 1. The predicted molar refractivity (Wildman–Crippen MR) is 126 cm³/mol. The Morgan fingerprint density at radius 1 is 1.06 bits per heavy atom. The zero-order chi connectivity index (χ0) is 24.6. The molecule has 1 N–H and O–H groups in total. The number of carbonyl (C=O) groups is 3. The van der Waals surface area contributed by atoms with E-state index in [2.05, 4.69) is 5.32 Å². The van der Waals surface area contributed by atoms with Crippen molar-refractivity contribution in [2.75, 3.05) is 6.54 Å². The molecule has 1 aliphatic heterocycles. The third-order valence-electron chi connectivity index (χ3n) is 5.31. The summed E-state index contributed by atoms with van der Waals surface area (Å²) in [5, 5.41) is 4.41. The minimum Gasteiger partial charge on any atom is -0.461 e. The van der Waals surface area contributed by atoms with Gasteiger partial charge >= 0.3 is 5.97 Å². The van der Waals surface area contributed by atoms with E-state index in [1.54, 1.807) is 17.5 Å². The first-order valence-electron chi connectivity index (χ1n) is 11.1. The highest BCUT2D eigenvalue weighted by Gasteiger charge is 2.25. The van der Waals surface area contributed by atoms with Crippen LogP contribution in [-0.4, -0.2) is 24.2 Å². The minimum atomic E-state index is -0.648. The van der Waals surface area contributed by atoms with E-state index < -0.39 is 18.1 Å². The monoisotopic (exact) mass is 497 g/mol. The fraction of sp³-hybridized carbons (Fsp3) is 0.269. The average Bonchev–Trinajstić information content (AvgIpc) is 3.41. The predicted octanol–water partition coefficient (Wildman–Crippen LogP) is 4.71. The fourth-order valence-electron chi connectivity index (χ4n) is 3.57. The average molecular weight is 498 g/mol. The Balaban J connectivity index is 1.24. The third-order valence-corrected chi connectivity index (χ3v) is 6.22. The number of benzene rings is 2. The first-order chi connectivity index (χ1) is 17.0. The van der Waals surface area contributed by atoms with E-state index in [4.69, 9.17) is 14.2 Å². The van der Waals surface area contributed by atoms with E-state index in [-0.39, 0.29) is 50.7 Å². The van der Waals surface area contributed by atoms with Gasteiger partial charge in [-0.25, -0.2) is 4.39 Å². The van der Waals surface area contributed by atoms with Gasteiger partial charge in [0.15, 0.2) is 5.78 Å². The van der Waals surface area contributed by atoms with Crippen molar-refractivity contribution in [3.63, 3.8) is 0 Å². The van der Waals surface area contributed by atoms with Gasteiger partial charge in [0, 0.05) is 36.1 Å². The molecule has 0 saturated heterocycles. The standard InChI is InChI=1S/C26H24FNO6S/c27-20-13-18(25-19(14-20)16-33-26(34-25)17-5-2-1-3-6-17)15-32-24(31)10-11-28-23(30)9-8-21(29)22-7-4-12-35-22/h1-7,12-14,26H,8-11,15-16H2,(H,28,30)/t26-/m1/s1. The molecule has 182 valence electrons. The molecule has 4 rings (SSSR count). The molecule has 1 amide bonds. The highest BCUT2D eigenvalue weighted by Crippen LogP contribution is 2.36. The molecule has 0 saturated carbocycles. The van der Waals surface area contributed by atoms with Gasteiger partial charge in [-0.15, -0.1) is 11.3 Å². The zero-order valence-corrected chi connectivity index (χ0v) is 19.6. The summed E-state index contributed by atoms with van der Waals surface area (Å²) in [4.78, 5) is 36.7. The fourth-order valence-corrected chi connectivity index (χ4v) is 4.26. The molecule has 0 aliphatic carbocycles. The summed E-state index contributed by atoms with van der Waals surface area (Å²) in [6, 6.07) is 15.5. The molecule has 0 unspecified atom stereocenters. The van der Waals surface area contributed by atoms with Crippen LogP contribution in [0.2, 0.25) is 0 Å². The molecular formula is C26H24FNO6S. The number of ketones is 1. The van der Waals surface area contributed by atoms with Gasteiger partial charge in [0.05, 0.1) is 17.9 Å². The van der Waals surface area contributed by atoms with E-state index in [1.165, 1.54) is 23.5 Å². The van der Waals surface area contributed by atoms with Crippen LogP contribution in [-0.2, 0) is 32.3 Å². The van der Waals surface area contributed by atoms with Crippen molar-refractivity contribution in [1.29, 1.82) is 0 Å². The Morgan fingerprint density at radius 2 is 1.89 bits per heavy atom. The Hall–Kier alpha value is -3.56. The van der Waals surface area contributed by atoms with Crippen LogP contribution in [0.3, 0.4) is 0 Å². The van der Waals surface area contributed by atoms with Gasteiger partial charge in [-0.1, -0.05) is 36.4 Å². The lowest BCUT2D eigenvalue weighted by molar-refractivity contribution is -0.145. The second kappa shape index (κ2) is 11.7. The van der Waals surface area contributed by atoms with Crippen molar-refractivity contribution in [3.8, 4) is 5.75 Å². The number of hydrogen-bond acceptors (Lipinski definition) is 7. The number of ether oxygens (including phenoxy) is 3. The first kappa shape index (κ1) is 24.6. The number of carbonyl (C=O) groups excluding carboxylic acids is 3. The molecule has 1 aromatic heterocycles. The lowest BCUT2D eigenvalue weighted by Crippen LogP contribution is -2.26. The van der Waals surface area contributed by atoms with E-state index in [9.17, 15) is 18.8 Å². The first-order valence-corrected chi connectivity index (χ1v) is 12.0. The third kappa shape index (κ3) is 6.74. The number of rotatable bonds is 10. The van der Waals surface area contributed by atoms with Crippen molar-refractivity contribution in [2.45, 2.75) is 38.8 Å². The molecule has 1 aliphatic rings. The molecule has 0 bridgehead atoms. The molecule has 9 heteroatoms. The molecule has 0 fully saturated rings. The zero-order valence-electron chi connectivity index (χ0n) is 18.8. The second-order valence-electron chi connectivity index (χ2n) is 7.89. The van der Waals surface area contributed by atoms with Gasteiger partial charge < -0.3 is 19.5 Å². The molecule has 0 spiro atoms. The van der Waals surface area contributed by atoms with Crippen molar-refractivity contribution in [1.82, 2.24) is 5.32 Å². The Morgan fingerprint density at radius 3 is 2.66 bits per heavy atom. The van der Waals surface area contributed by atoms with Gasteiger partial charge in [0.1, 0.15) is 18.2 Å². The Bertz CT molecular complexity index is 1180. The number of esters is 1. The number of thiophene rings is 1. The number of hydrogen-bond donors (Lipinski definition) is 1. The SMILES string of the molecule is O=C(CCC(=O)c1cccs1)NCCC(=O)OCc1cc(F)cc2c1O[C@H](c1ccccc1)OC2. The molecule has 2 heterocycles.